The van der Waals surface area contributed by atoms with Crippen LogP contribution in [0, 0.1) is 11.7 Å². The summed E-state index contributed by atoms with van der Waals surface area (Å²) < 4.78 is 13.9. The van der Waals surface area contributed by atoms with Crippen molar-refractivity contribution < 1.29 is 9.18 Å². The zero-order valence-corrected chi connectivity index (χ0v) is 15.9. The van der Waals surface area contributed by atoms with Gasteiger partial charge >= 0.3 is 0 Å². The molecule has 1 heterocycles. The van der Waals surface area contributed by atoms with Crippen LogP contribution in [0.2, 0.25) is 10.0 Å². The number of amides is 1. The molecule has 0 unspecified atom stereocenters. The molecule has 1 saturated heterocycles. The molecule has 1 aliphatic heterocycles. The van der Waals surface area contributed by atoms with Crippen molar-refractivity contribution >= 4 is 29.1 Å². The summed E-state index contributed by atoms with van der Waals surface area (Å²) in [5, 5.41) is 4.04. The van der Waals surface area contributed by atoms with Crippen molar-refractivity contribution in [2.45, 2.75) is 25.9 Å². The van der Waals surface area contributed by atoms with E-state index in [9.17, 15) is 9.18 Å². The molecule has 1 N–H and O–H groups in total. The van der Waals surface area contributed by atoms with Crippen LogP contribution in [0.25, 0.3) is 0 Å². The number of piperidine rings is 1. The minimum Gasteiger partial charge on any atom is -0.352 e. The van der Waals surface area contributed by atoms with Crippen LogP contribution < -0.4 is 5.32 Å². The summed E-state index contributed by atoms with van der Waals surface area (Å²) in [4.78, 5) is 14.6. The maximum atomic E-state index is 13.9. The van der Waals surface area contributed by atoms with Gasteiger partial charge < -0.3 is 5.32 Å². The van der Waals surface area contributed by atoms with Gasteiger partial charge in [0.1, 0.15) is 5.82 Å². The maximum Gasteiger partial charge on any atom is 0.223 e. The lowest BCUT2D eigenvalue weighted by molar-refractivity contribution is -0.126. The van der Waals surface area contributed by atoms with E-state index in [1.807, 2.05) is 24.3 Å². The summed E-state index contributed by atoms with van der Waals surface area (Å²) in [7, 11) is 0. The molecule has 1 amide bonds. The van der Waals surface area contributed by atoms with Crippen molar-refractivity contribution in [2.24, 2.45) is 5.92 Å². The van der Waals surface area contributed by atoms with Gasteiger partial charge in [0.15, 0.2) is 0 Å². The molecular formula is C20H21Cl2FN2O. The summed E-state index contributed by atoms with van der Waals surface area (Å²) in [5.74, 6) is -0.233. The second-order valence-electron chi connectivity index (χ2n) is 6.60. The Bertz CT molecular complexity index is 776. The predicted octanol–water partition coefficient (Wildman–Crippen LogP) is 4.66. The number of nitrogens with one attached hydrogen (secondary N) is 1. The molecule has 1 aliphatic rings. The van der Waals surface area contributed by atoms with Gasteiger partial charge in [-0.3, -0.25) is 9.69 Å². The largest absolute Gasteiger partial charge is 0.352 e. The summed E-state index contributed by atoms with van der Waals surface area (Å²) in [5.41, 5.74) is 1.55. The van der Waals surface area contributed by atoms with Gasteiger partial charge in [-0.15, -0.1) is 0 Å². The number of benzene rings is 2. The minimum absolute atomic E-state index is 0.0104. The number of carbonyl (C=O) groups is 1. The van der Waals surface area contributed by atoms with Crippen molar-refractivity contribution in [1.29, 1.82) is 0 Å². The minimum atomic E-state index is -0.280. The molecule has 0 aliphatic carbocycles. The molecule has 0 bridgehead atoms. The molecule has 3 rings (SSSR count). The Labute approximate surface area is 163 Å². The number of likely N-dealkylation sites (tertiary alicyclic amines) is 1. The van der Waals surface area contributed by atoms with E-state index < -0.39 is 0 Å². The molecule has 3 nitrogen and oxygen atoms in total. The fourth-order valence-electron chi connectivity index (χ4n) is 3.21. The second kappa shape index (κ2) is 8.85. The second-order valence-corrected chi connectivity index (χ2v) is 7.44. The van der Waals surface area contributed by atoms with Gasteiger partial charge in [0, 0.05) is 34.6 Å². The van der Waals surface area contributed by atoms with Crippen molar-refractivity contribution in [3.63, 3.8) is 0 Å². The number of rotatable bonds is 5. The Balaban J connectivity index is 1.47. The van der Waals surface area contributed by atoms with Gasteiger partial charge in [0.25, 0.3) is 0 Å². The average molecular weight is 395 g/mol. The lowest BCUT2D eigenvalue weighted by atomic mass is 9.95. The van der Waals surface area contributed by atoms with Crippen LogP contribution >= 0.6 is 23.2 Å². The Kier molecular flexibility index (Phi) is 6.52. The van der Waals surface area contributed by atoms with Crippen LogP contribution in [-0.4, -0.2) is 23.9 Å². The van der Waals surface area contributed by atoms with Crippen molar-refractivity contribution in [3.8, 4) is 0 Å². The van der Waals surface area contributed by atoms with Crippen molar-refractivity contribution in [2.75, 3.05) is 13.1 Å². The standard InChI is InChI=1S/C20H21Cl2FN2O/c21-17-6-5-16(19(23)11-17)13-25-9-7-14(8-10-25)20(26)24-12-15-3-1-2-4-18(15)22/h1-6,11,14H,7-10,12-13H2,(H,24,26). The van der Waals surface area contributed by atoms with Gasteiger partial charge in [0.05, 0.1) is 0 Å². The van der Waals surface area contributed by atoms with E-state index in [4.69, 9.17) is 23.2 Å². The summed E-state index contributed by atoms with van der Waals surface area (Å²) >= 11 is 11.9. The van der Waals surface area contributed by atoms with E-state index >= 15 is 0 Å². The highest BCUT2D eigenvalue weighted by Crippen LogP contribution is 2.22. The van der Waals surface area contributed by atoms with Gasteiger partial charge in [-0.25, -0.2) is 4.39 Å². The van der Waals surface area contributed by atoms with Crippen LogP contribution in [0.3, 0.4) is 0 Å². The highest BCUT2D eigenvalue weighted by atomic mass is 35.5. The van der Waals surface area contributed by atoms with Crippen LogP contribution in [0.1, 0.15) is 24.0 Å². The highest BCUT2D eigenvalue weighted by Gasteiger charge is 2.25. The lowest BCUT2D eigenvalue weighted by Gasteiger charge is -2.31. The molecule has 0 radical (unpaired) electrons. The Morgan fingerprint density at radius 3 is 2.54 bits per heavy atom. The molecule has 0 spiro atoms. The van der Waals surface area contributed by atoms with E-state index in [1.165, 1.54) is 6.07 Å². The molecule has 2 aromatic rings. The zero-order valence-electron chi connectivity index (χ0n) is 14.4. The third-order valence-electron chi connectivity index (χ3n) is 4.78. The molecule has 0 aromatic heterocycles. The SMILES string of the molecule is O=C(NCc1ccccc1Cl)C1CCN(Cc2ccc(Cl)cc2F)CC1. The highest BCUT2D eigenvalue weighted by molar-refractivity contribution is 6.31. The molecule has 0 saturated carbocycles. The van der Waals surface area contributed by atoms with Gasteiger partial charge in [-0.05, 0) is 49.7 Å². The summed E-state index contributed by atoms with van der Waals surface area (Å²) in [6, 6.07) is 12.3. The third kappa shape index (κ3) is 4.97. The Morgan fingerprint density at radius 2 is 1.85 bits per heavy atom. The monoisotopic (exact) mass is 394 g/mol. The van der Waals surface area contributed by atoms with Gasteiger partial charge in [-0.1, -0.05) is 47.5 Å². The van der Waals surface area contributed by atoms with Crippen LogP contribution in [0.4, 0.5) is 4.39 Å². The first-order valence-electron chi connectivity index (χ1n) is 8.70. The van der Waals surface area contributed by atoms with Gasteiger partial charge in [0.2, 0.25) is 5.91 Å². The Hall–Kier alpha value is -1.62. The van der Waals surface area contributed by atoms with E-state index in [1.54, 1.807) is 12.1 Å². The number of hydrogen-bond donors (Lipinski definition) is 1. The number of halogens is 3. The molecule has 26 heavy (non-hydrogen) atoms. The first-order valence-corrected chi connectivity index (χ1v) is 9.46. The lowest BCUT2D eigenvalue weighted by Crippen LogP contribution is -2.40. The molecule has 0 atom stereocenters. The average Bonchev–Trinajstić information content (AvgIpc) is 2.64. The number of hydrogen-bond acceptors (Lipinski definition) is 2. The smallest absolute Gasteiger partial charge is 0.223 e. The fraction of sp³-hybridized carbons (Fsp3) is 0.350. The molecule has 138 valence electrons. The van der Waals surface area contributed by atoms with E-state index in [0.717, 1.165) is 31.5 Å². The number of nitrogens with zero attached hydrogens (tertiary/aromatic N) is 1. The maximum absolute atomic E-state index is 13.9. The van der Waals surface area contributed by atoms with Crippen LogP contribution in [0.15, 0.2) is 42.5 Å². The Morgan fingerprint density at radius 1 is 1.12 bits per heavy atom. The molecular weight excluding hydrogens is 374 g/mol. The van der Waals surface area contributed by atoms with E-state index in [0.29, 0.717) is 28.7 Å². The first-order chi connectivity index (χ1) is 12.5. The predicted molar refractivity (Wildman–Crippen MR) is 103 cm³/mol. The first kappa shape index (κ1) is 19.2. The van der Waals surface area contributed by atoms with E-state index in [-0.39, 0.29) is 17.6 Å². The van der Waals surface area contributed by atoms with Crippen LogP contribution in [0.5, 0.6) is 0 Å². The quantitative estimate of drug-likeness (QED) is 0.799. The molecule has 6 heteroatoms. The van der Waals surface area contributed by atoms with Crippen molar-refractivity contribution in [1.82, 2.24) is 10.2 Å². The van der Waals surface area contributed by atoms with Crippen LogP contribution in [-0.2, 0) is 17.9 Å². The summed E-state index contributed by atoms with van der Waals surface area (Å²) in [6.07, 6.45) is 1.53. The topological polar surface area (TPSA) is 32.3 Å². The van der Waals surface area contributed by atoms with Crippen molar-refractivity contribution in [3.05, 3.63) is 69.5 Å². The molecule has 1 fully saturated rings. The normalized spacial score (nSPS) is 15.8. The van der Waals surface area contributed by atoms with Gasteiger partial charge in [-0.2, -0.15) is 0 Å². The molecule has 2 aromatic carbocycles. The fourth-order valence-corrected chi connectivity index (χ4v) is 3.57. The number of carbonyl (C=O) groups excluding carboxylic acids is 1. The van der Waals surface area contributed by atoms with E-state index in [2.05, 4.69) is 10.2 Å². The third-order valence-corrected chi connectivity index (χ3v) is 5.38. The zero-order chi connectivity index (χ0) is 18.5. The summed E-state index contributed by atoms with van der Waals surface area (Å²) in [6.45, 7) is 2.52.